The fourth-order valence-corrected chi connectivity index (χ4v) is 3.11. The number of aromatic nitrogens is 2. The number of carbonyl (C=O) groups excluding carboxylic acids is 1. The van der Waals surface area contributed by atoms with E-state index in [0.717, 1.165) is 6.07 Å². The van der Waals surface area contributed by atoms with Crippen LogP contribution in [0.25, 0.3) is 11.0 Å². The molecule has 0 aliphatic rings. The first-order chi connectivity index (χ1) is 16.5. The largest absolute Gasteiger partial charge is 0.457 e. The average Bonchev–Trinajstić information content (AvgIpc) is 2.78. The Labute approximate surface area is 193 Å². The summed E-state index contributed by atoms with van der Waals surface area (Å²) in [6.07, 6.45) is 1.62. The molecule has 0 bridgehead atoms. The number of nitrogens with one attached hydrogen (secondary N) is 3. The Bertz CT molecular complexity index is 1320. The molecule has 0 saturated heterocycles. The summed E-state index contributed by atoms with van der Waals surface area (Å²) in [5.74, 6) is 0.0727. The molecule has 4 rings (SSSR count). The summed E-state index contributed by atoms with van der Waals surface area (Å²) in [6.45, 7) is 1.11. The lowest BCUT2D eigenvalue weighted by Crippen LogP contribution is -2.19. The summed E-state index contributed by atoms with van der Waals surface area (Å²) < 4.78 is 38.3. The molecule has 174 valence electrons. The topological polar surface area (TPSA) is 97.4 Å². The number of benzene rings is 3. The van der Waals surface area contributed by atoms with Crippen LogP contribution in [0.1, 0.15) is 0 Å². The van der Waals surface area contributed by atoms with Crippen LogP contribution < -0.4 is 20.7 Å². The number of hydrogen-bond acceptors (Lipinski definition) is 6. The van der Waals surface area contributed by atoms with Crippen molar-refractivity contribution in [1.29, 1.82) is 0 Å². The van der Waals surface area contributed by atoms with Crippen LogP contribution in [0.4, 0.5) is 30.8 Å². The molecule has 1 aromatic heterocycles. The highest BCUT2D eigenvalue weighted by molar-refractivity contribution is 5.99. The zero-order valence-electron chi connectivity index (χ0n) is 18.1. The van der Waals surface area contributed by atoms with Gasteiger partial charge in [-0.15, -0.1) is 0 Å². The fraction of sp³-hybridized carbons (Fsp3) is 0.125. The second kappa shape index (κ2) is 10.5. The first-order valence-electron chi connectivity index (χ1n) is 10.3. The predicted octanol–water partition coefficient (Wildman–Crippen LogP) is 5.40. The monoisotopic (exact) mass is 465 g/mol. The van der Waals surface area contributed by atoms with Gasteiger partial charge < -0.3 is 25.4 Å². The molecule has 0 spiro atoms. The van der Waals surface area contributed by atoms with E-state index in [2.05, 4.69) is 25.9 Å². The Balaban J connectivity index is 1.47. The van der Waals surface area contributed by atoms with Gasteiger partial charge in [-0.05, 0) is 36.4 Å². The molecule has 0 aliphatic heterocycles. The van der Waals surface area contributed by atoms with E-state index in [-0.39, 0.29) is 17.1 Å². The van der Waals surface area contributed by atoms with Gasteiger partial charge >= 0.3 is 6.03 Å². The Morgan fingerprint density at radius 3 is 2.56 bits per heavy atom. The zero-order valence-corrected chi connectivity index (χ0v) is 18.1. The van der Waals surface area contributed by atoms with Gasteiger partial charge in [-0.3, -0.25) is 4.98 Å². The minimum atomic E-state index is -0.656. The molecule has 8 nitrogen and oxygen atoms in total. The molecular formula is C24H21F2N5O3. The van der Waals surface area contributed by atoms with E-state index in [0.29, 0.717) is 35.8 Å². The van der Waals surface area contributed by atoms with Crippen molar-refractivity contribution in [3.63, 3.8) is 0 Å². The number of urea groups is 1. The third kappa shape index (κ3) is 6.14. The van der Waals surface area contributed by atoms with Gasteiger partial charge in [0.15, 0.2) is 0 Å². The van der Waals surface area contributed by atoms with Crippen molar-refractivity contribution < 1.29 is 23.0 Å². The molecule has 0 radical (unpaired) electrons. The summed E-state index contributed by atoms with van der Waals surface area (Å²) in [5.41, 5.74) is 1.68. The van der Waals surface area contributed by atoms with E-state index in [9.17, 15) is 13.6 Å². The number of nitrogens with zero attached hydrogens (tertiary/aromatic N) is 2. The normalized spacial score (nSPS) is 10.7. The van der Waals surface area contributed by atoms with Gasteiger partial charge in [-0.2, -0.15) is 0 Å². The van der Waals surface area contributed by atoms with Crippen molar-refractivity contribution in [2.45, 2.75) is 0 Å². The Morgan fingerprint density at radius 1 is 0.912 bits per heavy atom. The summed E-state index contributed by atoms with van der Waals surface area (Å²) in [6, 6.07) is 13.7. The summed E-state index contributed by atoms with van der Waals surface area (Å²) >= 11 is 0. The smallest absolute Gasteiger partial charge is 0.323 e. The van der Waals surface area contributed by atoms with Gasteiger partial charge in [0.1, 0.15) is 29.0 Å². The number of hydrogen-bond donors (Lipinski definition) is 3. The summed E-state index contributed by atoms with van der Waals surface area (Å²) in [7, 11) is 1.61. The molecule has 0 aliphatic carbocycles. The minimum Gasteiger partial charge on any atom is -0.457 e. The molecule has 1 heterocycles. The molecule has 0 unspecified atom stereocenters. The maximum absolute atomic E-state index is 14.2. The molecule has 3 N–H and O–H groups in total. The predicted molar refractivity (Wildman–Crippen MR) is 125 cm³/mol. The van der Waals surface area contributed by atoms with Crippen LogP contribution >= 0.6 is 0 Å². The lowest BCUT2D eigenvalue weighted by molar-refractivity contribution is 0.210. The van der Waals surface area contributed by atoms with Crippen molar-refractivity contribution in [2.24, 2.45) is 0 Å². The van der Waals surface area contributed by atoms with E-state index >= 15 is 0 Å². The number of halogens is 2. The second-order valence-corrected chi connectivity index (χ2v) is 7.19. The van der Waals surface area contributed by atoms with Crippen LogP contribution in [0.3, 0.4) is 0 Å². The molecular weight excluding hydrogens is 444 g/mol. The summed E-state index contributed by atoms with van der Waals surface area (Å²) in [4.78, 5) is 21.1. The van der Waals surface area contributed by atoms with Crippen LogP contribution in [0, 0.1) is 11.6 Å². The van der Waals surface area contributed by atoms with Crippen molar-refractivity contribution in [3.05, 3.63) is 78.5 Å². The number of fused-ring (bicyclic) bond motifs is 1. The van der Waals surface area contributed by atoms with Crippen LogP contribution in [0.2, 0.25) is 0 Å². The minimum absolute atomic E-state index is 0.161. The molecule has 34 heavy (non-hydrogen) atoms. The molecule has 10 heteroatoms. The van der Waals surface area contributed by atoms with Gasteiger partial charge in [-0.1, -0.05) is 6.07 Å². The summed E-state index contributed by atoms with van der Waals surface area (Å²) in [5, 5.41) is 8.09. The first kappa shape index (κ1) is 22.9. The Morgan fingerprint density at radius 2 is 1.74 bits per heavy atom. The zero-order chi connectivity index (χ0) is 23.9. The highest BCUT2D eigenvalue weighted by Gasteiger charge is 2.09. The highest BCUT2D eigenvalue weighted by Crippen LogP contribution is 2.28. The number of carbonyl (C=O) groups is 1. The SMILES string of the molecule is COCCNc1cnc2ccc(Oc3cc(F)cc(NC(=O)Nc4cccc(F)c4)c3)cc2n1. The second-order valence-electron chi connectivity index (χ2n) is 7.19. The van der Waals surface area contributed by atoms with Gasteiger partial charge in [0.05, 0.1) is 23.8 Å². The van der Waals surface area contributed by atoms with E-state index in [1.54, 1.807) is 31.5 Å². The van der Waals surface area contributed by atoms with E-state index < -0.39 is 17.7 Å². The van der Waals surface area contributed by atoms with Crippen LogP contribution in [0.15, 0.2) is 66.9 Å². The number of methoxy groups -OCH3 is 1. The number of ether oxygens (including phenoxy) is 2. The number of amides is 2. The fourth-order valence-electron chi connectivity index (χ4n) is 3.11. The Kier molecular flexibility index (Phi) is 7.09. The van der Waals surface area contributed by atoms with Gasteiger partial charge in [0.25, 0.3) is 0 Å². The van der Waals surface area contributed by atoms with Crippen molar-refractivity contribution in [2.75, 3.05) is 36.2 Å². The van der Waals surface area contributed by atoms with E-state index in [1.165, 1.54) is 36.4 Å². The van der Waals surface area contributed by atoms with E-state index in [4.69, 9.17) is 9.47 Å². The van der Waals surface area contributed by atoms with Crippen molar-refractivity contribution in [1.82, 2.24) is 9.97 Å². The van der Waals surface area contributed by atoms with E-state index in [1.807, 2.05) is 0 Å². The quantitative estimate of drug-likeness (QED) is 0.302. The van der Waals surface area contributed by atoms with Gasteiger partial charge in [-0.25, -0.2) is 18.6 Å². The average molecular weight is 465 g/mol. The molecule has 2 amide bonds. The van der Waals surface area contributed by atoms with Crippen molar-refractivity contribution in [3.8, 4) is 11.5 Å². The van der Waals surface area contributed by atoms with Crippen LogP contribution in [-0.2, 0) is 4.74 Å². The van der Waals surface area contributed by atoms with Crippen molar-refractivity contribution >= 4 is 34.3 Å². The molecule has 4 aromatic rings. The van der Waals surface area contributed by atoms with Gasteiger partial charge in [0.2, 0.25) is 0 Å². The number of anilines is 3. The number of rotatable bonds is 8. The lowest BCUT2D eigenvalue weighted by atomic mass is 10.2. The molecule has 3 aromatic carbocycles. The molecule has 0 fully saturated rings. The third-order valence-corrected chi connectivity index (χ3v) is 4.57. The maximum Gasteiger partial charge on any atom is 0.323 e. The van der Waals surface area contributed by atoms with Gasteiger partial charge in [0, 0.05) is 43.2 Å². The van der Waals surface area contributed by atoms with Crippen LogP contribution in [0.5, 0.6) is 11.5 Å². The lowest BCUT2D eigenvalue weighted by Gasteiger charge is -2.11. The molecule has 0 atom stereocenters. The maximum atomic E-state index is 14.2. The molecule has 0 saturated carbocycles. The Hall–Kier alpha value is -4.31. The first-order valence-corrected chi connectivity index (χ1v) is 10.3. The third-order valence-electron chi connectivity index (χ3n) is 4.57. The van der Waals surface area contributed by atoms with Crippen LogP contribution in [-0.4, -0.2) is 36.3 Å². The standard InChI is InChI=1S/C24H21F2N5O3/c1-33-8-7-27-23-14-28-21-6-5-19(13-22(21)31-23)34-20-11-16(26)10-18(12-20)30-24(32)29-17-4-2-3-15(25)9-17/h2-6,9-14H,7-8H2,1H3,(H,27,31)(H2,29,30,32). The highest BCUT2D eigenvalue weighted by atomic mass is 19.1.